The largest absolute Gasteiger partial charge is 0.757 e. The number of hydrogen-bond acceptors (Lipinski definition) is 6. The van der Waals surface area contributed by atoms with Gasteiger partial charge < -0.3 is 10.3 Å². The topological polar surface area (TPSA) is 80.8 Å². The zero-order valence-corrected chi connectivity index (χ0v) is 14.1. The maximum Gasteiger partial charge on any atom is 0.176 e. The number of hydrogen-bond donors (Lipinski definition) is 1. The van der Waals surface area contributed by atoms with Crippen LogP contribution in [0.4, 0.5) is 9.52 Å². The van der Waals surface area contributed by atoms with Gasteiger partial charge in [-0.2, -0.15) is 5.10 Å². The van der Waals surface area contributed by atoms with E-state index in [-0.39, 0.29) is 0 Å². The Labute approximate surface area is 141 Å². The van der Waals surface area contributed by atoms with E-state index in [1.54, 1.807) is 18.3 Å². The molecule has 1 N–H and O–H groups in total. The van der Waals surface area contributed by atoms with Gasteiger partial charge >= 0.3 is 0 Å². The van der Waals surface area contributed by atoms with Crippen LogP contribution in [-0.2, 0) is 0 Å². The number of nitrogens with zero attached hydrogens (tertiary/aromatic N) is 4. The van der Waals surface area contributed by atoms with Gasteiger partial charge in [0.05, 0.1) is 21.9 Å². The van der Waals surface area contributed by atoms with Crippen LogP contribution >= 0.6 is 27.3 Å². The molecule has 0 saturated carbocycles. The molecule has 4 aromatic rings. The lowest BCUT2D eigenvalue weighted by atomic mass is 10.1. The van der Waals surface area contributed by atoms with Crippen LogP contribution in [0.2, 0.25) is 0 Å². The van der Waals surface area contributed by atoms with Crippen LogP contribution in [0.1, 0.15) is 0 Å². The van der Waals surface area contributed by atoms with E-state index in [2.05, 4.69) is 36.1 Å². The molecule has 23 heavy (non-hydrogen) atoms. The number of H-pyrrole nitrogens is 1. The fraction of sp³-hybridized carbons (Fsp3) is 0.0714. The number of thiazole rings is 1. The van der Waals surface area contributed by atoms with Crippen LogP contribution in [0.5, 0.6) is 0 Å². The molecule has 0 bridgehead atoms. The fourth-order valence-corrected chi connectivity index (χ4v) is 3.70. The smallest absolute Gasteiger partial charge is 0.176 e. The van der Waals surface area contributed by atoms with Gasteiger partial charge in [-0.3, -0.25) is 5.10 Å². The third kappa shape index (κ3) is 2.28. The summed E-state index contributed by atoms with van der Waals surface area (Å²) in [6.07, 6.45) is 1.63. The number of hydroxylamine groups is 1. The highest BCUT2D eigenvalue weighted by molar-refractivity contribution is 9.10. The monoisotopic (exact) mass is 392 g/mol. The Morgan fingerprint density at radius 2 is 2.17 bits per heavy atom. The Bertz CT molecular complexity index is 1040. The first-order valence-corrected chi connectivity index (χ1v) is 8.15. The second-order valence-electron chi connectivity index (χ2n) is 4.89. The van der Waals surface area contributed by atoms with Crippen molar-refractivity contribution in [3.63, 3.8) is 0 Å². The average Bonchev–Trinajstić information content (AvgIpc) is 3.13. The molecule has 0 radical (unpaired) electrons. The van der Waals surface area contributed by atoms with Gasteiger partial charge in [0.25, 0.3) is 0 Å². The maximum atomic E-state index is 14.1. The Balaban J connectivity index is 1.98. The van der Waals surface area contributed by atoms with Crippen molar-refractivity contribution < 1.29 is 4.39 Å². The number of nitrogens with one attached hydrogen (secondary N) is 1. The molecule has 0 saturated heterocycles. The van der Waals surface area contributed by atoms with Crippen molar-refractivity contribution in [3.8, 4) is 11.3 Å². The van der Waals surface area contributed by atoms with Crippen LogP contribution in [0, 0.1) is 11.0 Å². The lowest BCUT2D eigenvalue weighted by molar-refractivity contribution is 0.623. The van der Waals surface area contributed by atoms with Gasteiger partial charge in [0.2, 0.25) is 0 Å². The molecule has 0 aliphatic carbocycles. The molecule has 0 aliphatic rings. The maximum absolute atomic E-state index is 14.1. The Hall–Kier alpha value is -2.10. The summed E-state index contributed by atoms with van der Waals surface area (Å²) in [4.78, 5) is 9.36. The molecule has 0 aliphatic heterocycles. The van der Waals surface area contributed by atoms with Crippen LogP contribution in [0.15, 0.2) is 28.9 Å². The normalized spacial score (nSPS) is 11.5. The molecular formula is C14H8BrFN5OS-. The molecule has 0 spiro atoms. The minimum absolute atomic E-state index is 0.323. The number of fused-ring (bicyclic) bond motifs is 2. The number of halogens is 2. The molecule has 9 heteroatoms. The van der Waals surface area contributed by atoms with Crippen molar-refractivity contribution in [2.45, 2.75) is 0 Å². The van der Waals surface area contributed by atoms with Crippen molar-refractivity contribution in [2.24, 2.45) is 0 Å². The van der Waals surface area contributed by atoms with Crippen LogP contribution in [0.25, 0.3) is 32.5 Å². The molecule has 0 atom stereocenters. The van der Waals surface area contributed by atoms with Crippen molar-refractivity contribution >= 4 is 53.6 Å². The van der Waals surface area contributed by atoms with Crippen molar-refractivity contribution in [1.82, 2.24) is 20.2 Å². The van der Waals surface area contributed by atoms with E-state index < -0.39 is 5.82 Å². The third-order valence-electron chi connectivity index (χ3n) is 3.41. The summed E-state index contributed by atoms with van der Waals surface area (Å²) >= 11 is 4.48. The summed E-state index contributed by atoms with van der Waals surface area (Å²) in [6.45, 7) is 0. The summed E-state index contributed by atoms with van der Waals surface area (Å²) in [5, 5.41) is 19.9. The second kappa shape index (κ2) is 5.22. The van der Waals surface area contributed by atoms with Gasteiger partial charge in [0.15, 0.2) is 5.13 Å². The first-order chi connectivity index (χ1) is 11.0. The zero-order valence-electron chi connectivity index (χ0n) is 11.7. The number of pyridine rings is 1. The number of aromatic nitrogens is 4. The van der Waals surface area contributed by atoms with E-state index in [4.69, 9.17) is 0 Å². The molecule has 0 unspecified atom stereocenters. The SMILES string of the molecule is CN([O-])c1nc2ccc(-c3c(Br)c(F)cc4[nH]ncc34)nc2s1. The van der Waals surface area contributed by atoms with Gasteiger partial charge in [-0.05, 0) is 35.1 Å². The van der Waals surface area contributed by atoms with Gasteiger partial charge in [-0.1, -0.05) is 11.3 Å². The molecule has 0 fully saturated rings. The van der Waals surface area contributed by atoms with E-state index in [1.807, 2.05) is 0 Å². The van der Waals surface area contributed by atoms with E-state index in [9.17, 15) is 9.60 Å². The number of benzene rings is 1. The quantitative estimate of drug-likeness (QED) is 0.520. The molecule has 3 aromatic heterocycles. The second-order valence-corrected chi connectivity index (χ2v) is 6.64. The predicted octanol–water partition coefficient (Wildman–Crippen LogP) is 4.07. The molecule has 6 nitrogen and oxygen atoms in total. The van der Waals surface area contributed by atoms with Gasteiger partial charge in [-0.25, -0.2) is 14.4 Å². The Kier molecular flexibility index (Phi) is 3.29. The van der Waals surface area contributed by atoms with Gasteiger partial charge in [-0.15, -0.1) is 0 Å². The molecule has 116 valence electrons. The summed E-state index contributed by atoms with van der Waals surface area (Å²) in [5.41, 5.74) is 2.42. The highest BCUT2D eigenvalue weighted by Gasteiger charge is 2.17. The Morgan fingerprint density at radius 3 is 2.96 bits per heavy atom. The van der Waals surface area contributed by atoms with Gasteiger partial charge in [0, 0.05) is 17.0 Å². The first-order valence-electron chi connectivity index (χ1n) is 6.54. The molecular weight excluding hydrogens is 385 g/mol. The highest BCUT2D eigenvalue weighted by atomic mass is 79.9. The molecule has 1 aromatic carbocycles. The van der Waals surface area contributed by atoms with E-state index in [0.29, 0.717) is 41.8 Å². The summed E-state index contributed by atoms with van der Waals surface area (Å²) < 4.78 is 14.4. The van der Waals surface area contributed by atoms with Crippen LogP contribution < -0.4 is 5.06 Å². The lowest BCUT2D eigenvalue weighted by Crippen LogP contribution is -2.04. The van der Waals surface area contributed by atoms with E-state index in [1.165, 1.54) is 24.5 Å². The predicted molar refractivity (Wildman–Crippen MR) is 91.9 cm³/mol. The molecule has 4 rings (SSSR count). The first kappa shape index (κ1) is 14.5. The standard InChI is InChI=1S/C14H8BrFN5OS/c1-21(22)14-19-9-3-2-8(18-13(9)23-14)11-6-5-17-20-10(6)4-7(16)12(11)15/h2-5H,1H3,(H,17,20)/q-1. The van der Waals surface area contributed by atoms with Crippen LogP contribution in [0.3, 0.4) is 0 Å². The van der Waals surface area contributed by atoms with Crippen LogP contribution in [-0.4, -0.2) is 27.2 Å². The molecule has 0 amide bonds. The van der Waals surface area contributed by atoms with E-state index in [0.717, 1.165) is 5.39 Å². The fourth-order valence-electron chi connectivity index (χ4n) is 2.36. The zero-order chi connectivity index (χ0) is 16.1. The number of aromatic amines is 1. The lowest BCUT2D eigenvalue weighted by Gasteiger charge is -2.19. The van der Waals surface area contributed by atoms with Crippen molar-refractivity contribution in [3.05, 3.63) is 39.9 Å². The summed E-state index contributed by atoms with van der Waals surface area (Å²) in [5.74, 6) is -0.400. The number of anilines is 1. The Morgan fingerprint density at radius 1 is 1.35 bits per heavy atom. The summed E-state index contributed by atoms with van der Waals surface area (Å²) in [7, 11) is 1.39. The highest BCUT2D eigenvalue weighted by Crippen LogP contribution is 2.37. The van der Waals surface area contributed by atoms with Gasteiger partial charge in [0.1, 0.15) is 16.2 Å². The van der Waals surface area contributed by atoms with Crippen molar-refractivity contribution in [1.29, 1.82) is 0 Å². The van der Waals surface area contributed by atoms with E-state index >= 15 is 0 Å². The minimum atomic E-state index is -0.400. The summed E-state index contributed by atoms with van der Waals surface area (Å²) in [6, 6.07) is 4.90. The van der Waals surface area contributed by atoms with Crippen molar-refractivity contribution in [2.75, 3.05) is 12.1 Å². The molecule has 3 heterocycles. The third-order valence-corrected chi connectivity index (χ3v) is 5.21. The average molecular weight is 393 g/mol. The number of rotatable bonds is 2. The minimum Gasteiger partial charge on any atom is -0.757 e.